The third-order valence-corrected chi connectivity index (χ3v) is 5.29. The molecule has 1 saturated carbocycles. The van der Waals surface area contributed by atoms with Crippen LogP contribution in [-0.4, -0.2) is 10.9 Å². The summed E-state index contributed by atoms with van der Waals surface area (Å²) in [7, 11) is 0. The molecule has 0 aromatic heterocycles. The van der Waals surface area contributed by atoms with Gasteiger partial charge in [0.15, 0.2) is 0 Å². The van der Waals surface area contributed by atoms with Gasteiger partial charge in [-0.2, -0.15) is 0 Å². The minimum atomic E-state index is 0.343. The summed E-state index contributed by atoms with van der Waals surface area (Å²) >= 11 is 0. The number of rotatable bonds is 0. The van der Waals surface area contributed by atoms with Gasteiger partial charge in [-0.1, -0.05) is 31.5 Å². The Kier molecular flexibility index (Phi) is 2.85. The van der Waals surface area contributed by atoms with Crippen LogP contribution in [0.2, 0.25) is 0 Å². The molecule has 2 nitrogen and oxygen atoms in total. The lowest BCUT2D eigenvalue weighted by Gasteiger charge is -2.49. The van der Waals surface area contributed by atoms with Crippen LogP contribution in [0.1, 0.15) is 53.4 Å². The van der Waals surface area contributed by atoms with Gasteiger partial charge in [0.2, 0.25) is 0 Å². The molecule has 90 valence electrons. The minimum absolute atomic E-state index is 0.343. The Morgan fingerprint density at radius 1 is 1.31 bits per heavy atom. The fraction of sp³-hybridized carbons (Fsp3) is 0.786. The highest BCUT2D eigenvalue weighted by atomic mass is 16.4. The molecule has 1 fully saturated rings. The van der Waals surface area contributed by atoms with Gasteiger partial charge >= 0.3 is 0 Å². The number of hydrogen-bond acceptors (Lipinski definition) is 2. The Morgan fingerprint density at radius 3 is 2.62 bits per heavy atom. The molecule has 0 bridgehead atoms. The molecule has 0 aliphatic heterocycles. The largest absolute Gasteiger partial charge is 0.411 e. The van der Waals surface area contributed by atoms with Crippen LogP contribution in [0.3, 0.4) is 0 Å². The molecule has 0 aromatic carbocycles. The fourth-order valence-electron chi connectivity index (χ4n) is 3.67. The number of nitrogens with zero attached hydrogens (tertiary/aromatic N) is 1. The van der Waals surface area contributed by atoms with E-state index in [4.69, 9.17) is 5.21 Å². The molecular weight excluding hydrogens is 198 g/mol. The Balaban J connectivity index is 2.45. The lowest BCUT2D eigenvalue weighted by Crippen LogP contribution is -2.40. The Labute approximate surface area is 98.4 Å². The van der Waals surface area contributed by atoms with Gasteiger partial charge in [-0.3, -0.25) is 0 Å². The summed E-state index contributed by atoms with van der Waals surface area (Å²) in [6, 6.07) is 0. The first-order chi connectivity index (χ1) is 7.50. The van der Waals surface area contributed by atoms with Gasteiger partial charge in [0.05, 0.1) is 5.71 Å². The second-order valence-corrected chi connectivity index (χ2v) is 5.87. The van der Waals surface area contributed by atoms with Gasteiger partial charge in [0, 0.05) is 0 Å². The summed E-state index contributed by atoms with van der Waals surface area (Å²) in [6.07, 6.45) is 4.54. The highest BCUT2D eigenvalue weighted by Gasteiger charge is 2.44. The lowest BCUT2D eigenvalue weighted by atomic mass is 9.56. The zero-order chi connectivity index (χ0) is 11.9. The average molecular weight is 221 g/mol. The number of hydrogen-bond donors (Lipinski definition) is 1. The molecule has 0 amide bonds. The van der Waals surface area contributed by atoms with Crippen molar-refractivity contribution in [2.45, 2.75) is 53.4 Å². The van der Waals surface area contributed by atoms with Crippen molar-refractivity contribution in [2.75, 3.05) is 0 Å². The average Bonchev–Trinajstić information content (AvgIpc) is 2.26. The monoisotopic (exact) mass is 221 g/mol. The number of fused-ring (bicyclic) bond motifs is 1. The quantitative estimate of drug-likeness (QED) is 0.486. The summed E-state index contributed by atoms with van der Waals surface area (Å²) in [5, 5.41) is 12.5. The third kappa shape index (κ3) is 1.50. The smallest absolute Gasteiger partial charge is 0.0824 e. The second-order valence-electron chi connectivity index (χ2n) is 5.87. The van der Waals surface area contributed by atoms with Gasteiger partial charge in [-0.25, -0.2) is 0 Å². The van der Waals surface area contributed by atoms with E-state index in [0.29, 0.717) is 5.41 Å². The third-order valence-electron chi connectivity index (χ3n) is 5.29. The summed E-state index contributed by atoms with van der Waals surface area (Å²) in [5.41, 5.74) is 4.07. The molecule has 16 heavy (non-hydrogen) atoms. The molecule has 0 spiro atoms. The minimum Gasteiger partial charge on any atom is -0.411 e. The predicted molar refractivity (Wildman–Crippen MR) is 66.8 cm³/mol. The first kappa shape index (κ1) is 11.7. The van der Waals surface area contributed by atoms with E-state index in [2.05, 4.69) is 32.9 Å². The Morgan fingerprint density at radius 2 is 2.00 bits per heavy atom. The zero-order valence-corrected chi connectivity index (χ0v) is 10.9. The van der Waals surface area contributed by atoms with Crippen LogP contribution in [0.25, 0.3) is 0 Å². The van der Waals surface area contributed by atoms with E-state index < -0.39 is 0 Å². The van der Waals surface area contributed by atoms with Crippen LogP contribution >= 0.6 is 0 Å². The molecule has 3 atom stereocenters. The maximum atomic E-state index is 9.01. The standard InChI is InChI=1S/C14H23NO/c1-9-5-6-12-10(2)13(15-16)7-8-14(12,4)11(9)3/h9,11,16H,5-8H2,1-4H3/b15-13+. The molecule has 2 rings (SSSR count). The van der Waals surface area contributed by atoms with Crippen LogP contribution in [0.15, 0.2) is 16.3 Å². The van der Waals surface area contributed by atoms with E-state index in [1.54, 1.807) is 5.57 Å². The highest BCUT2D eigenvalue weighted by molar-refractivity contribution is 6.01. The van der Waals surface area contributed by atoms with Crippen LogP contribution in [0.4, 0.5) is 0 Å². The first-order valence-corrected chi connectivity index (χ1v) is 6.42. The van der Waals surface area contributed by atoms with Crippen molar-refractivity contribution in [3.05, 3.63) is 11.1 Å². The summed E-state index contributed by atoms with van der Waals surface area (Å²) in [5.74, 6) is 1.56. The molecular formula is C14H23NO. The summed E-state index contributed by atoms with van der Waals surface area (Å²) in [4.78, 5) is 0. The number of allylic oxidation sites excluding steroid dienone is 2. The van der Waals surface area contributed by atoms with Crippen molar-refractivity contribution in [3.8, 4) is 0 Å². The van der Waals surface area contributed by atoms with Crippen molar-refractivity contribution in [3.63, 3.8) is 0 Å². The van der Waals surface area contributed by atoms with Crippen LogP contribution < -0.4 is 0 Å². The fourth-order valence-corrected chi connectivity index (χ4v) is 3.67. The van der Waals surface area contributed by atoms with E-state index in [1.165, 1.54) is 18.4 Å². The molecule has 2 heteroatoms. The molecule has 0 saturated heterocycles. The molecule has 1 N–H and O–H groups in total. The van der Waals surface area contributed by atoms with E-state index in [1.807, 2.05) is 0 Å². The van der Waals surface area contributed by atoms with E-state index in [0.717, 1.165) is 30.4 Å². The van der Waals surface area contributed by atoms with Gasteiger partial charge in [-0.05, 0) is 55.4 Å². The Bertz CT molecular complexity index is 356. The molecule has 3 unspecified atom stereocenters. The second kappa shape index (κ2) is 3.90. The highest BCUT2D eigenvalue weighted by Crippen LogP contribution is 2.53. The topological polar surface area (TPSA) is 32.6 Å². The van der Waals surface area contributed by atoms with E-state index >= 15 is 0 Å². The van der Waals surface area contributed by atoms with Gasteiger partial charge in [0.1, 0.15) is 0 Å². The molecule has 0 aromatic rings. The molecule has 2 aliphatic rings. The van der Waals surface area contributed by atoms with Crippen LogP contribution in [0.5, 0.6) is 0 Å². The van der Waals surface area contributed by atoms with Crippen molar-refractivity contribution in [1.82, 2.24) is 0 Å². The van der Waals surface area contributed by atoms with Crippen molar-refractivity contribution < 1.29 is 5.21 Å². The van der Waals surface area contributed by atoms with Crippen LogP contribution in [-0.2, 0) is 0 Å². The Hall–Kier alpha value is -0.790. The van der Waals surface area contributed by atoms with Gasteiger partial charge in [0.25, 0.3) is 0 Å². The zero-order valence-electron chi connectivity index (χ0n) is 10.9. The van der Waals surface area contributed by atoms with Crippen LogP contribution in [0, 0.1) is 17.3 Å². The maximum absolute atomic E-state index is 9.01. The first-order valence-electron chi connectivity index (χ1n) is 6.42. The van der Waals surface area contributed by atoms with Gasteiger partial charge in [-0.15, -0.1) is 0 Å². The maximum Gasteiger partial charge on any atom is 0.0824 e. The normalized spacial score (nSPS) is 42.4. The van der Waals surface area contributed by atoms with Crippen molar-refractivity contribution in [1.29, 1.82) is 0 Å². The molecule has 0 heterocycles. The van der Waals surface area contributed by atoms with Crippen molar-refractivity contribution in [2.24, 2.45) is 22.4 Å². The molecule has 0 radical (unpaired) electrons. The SMILES string of the molecule is CC1=C2CCC(C)C(C)C2(C)CC/C1=N\O. The van der Waals surface area contributed by atoms with E-state index in [9.17, 15) is 0 Å². The van der Waals surface area contributed by atoms with Crippen molar-refractivity contribution >= 4 is 5.71 Å². The predicted octanol–water partition coefficient (Wildman–Crippen LogP) is 4.00. The lowest BCUT2D eigenvalue weighted by molar-refractivity contribution is 0.127. The van der Waals surface area contributed by atoms with Gasteiger partial charge < -0.3 is 5.21 Å². The summed E-state index contributed by atoms with van der Waals surface area (Å²) in [6.45, 7) is 9.29. The molecule has 2 aliphatic carbocycles. The number of oxime groups is 1. The van der Waals surface area contributed by atoms with E-state index in [-0.39, 0.29) is 0 Å². The summed E-state index contributed by atoms with van der Waals surface area (Å²) < 4.78 is 0.